The number of hydrazine groups is 1. The molecule has 0 aliphatic carbocycles. The number of hydrogen-bond acceptors (Lipinski definition) is 2. The summed E-state index contributed by atoms with van der Waals surface area (Å²) in [6, 6.07) is 9.64. The first kappa shape index (κ1) is 15.7. The quantitative estimate of drug-likeness (QED) is 0.601. The molecule has 0 amide bonds. The SMILES string of the molecule is NNC(Cc1ccc(F)cc1Cl)c1ccc(Cl)cc1Br. The van der Waals surface area contributed by atoms with Gasteiger partial charge >= 0.3 is 0 Å². The molecule has 0 bridgehead atoms. The Balaban J connectivity index is 2.28. The van der Waals surface area contributed by atoms with Crippen LogP contribution in [-0.4, -0.2) is 0 Å². The summed E-state index contributed by atoms with van der Waals surface area (Å²) in [6.45, 7) is 0. The molecule has 0 heterocycles. The van der Waals surface area contributed by atoms with E-state index in [4.69, 9.17) is 29.0 Å². The monoisotopic (exact) mass is 376 g/mol. The third-order valence-electron chi connectivity index (χ3n) is 2.98. The largest absolute Gasteiger partial charge is 0.271 e. The Morgan fingerprint density at radius 3 is 2.55 bits per heavy atom. The van der Waals surface area contributed by atoms with Crippen LogP contribution in [0, 0.1) is 5.82 Å². The lowest BCUT2D eigenvalue weighted by Gasteiger charge is -2.19. The highest BCUT2D eigenvalue weighted by Gasteiger charge is 2.16. The Morgan fingerprint density at radius 2 is 1.95 bits per heavy atom. The van der Waals surface area contributed by atoms with Crippen LogP contribution in [0.25, 0.3) is 0 Å². The van der Waals surface area contributed by atoms with Crippen LogP contribution in [0.3, 0.4) is 0 Å². The van der Waals surface area contributed by atoms with Crippen molar-refractivity contribution >= 4 is 39.1 Å². The van der Waals surface area contributed by atoms with Gasteiger partial charge in [0.2, 0.25) is 0 Å². The lowest BCUT2D eigenvalue weighted by atomic mass is 9.99. The summed E-state index contributed by atoms with van der Waals surface area (Å²) in [5, 5.41) is 1.02. The highest BCUT2D eigenvalue weighted by atomic mass is 79.9. The second-order valence-corrected chi connectivity index (χ2v) is 6.02. The van der Waals surface area contributed by atoms with Crippen molar-refractivity contribution in [1.29, 1.82) is 0 Å². The molecule has 2 aromatic rings. The van der Waals surface area contributed by atoms with Crippen molar-refractivity contribution in [2.75, 3.05) is 0 Å². The summed E-state index contributed by atoms with van der Waals surface area (Å²) in [6.07, 6.45) is 0.538. The maximum Gasteiger partial charge on any atom is 0.124 e. The highest BCUT2D eigenvalue weighted by molar-refractivity contribution is 9.10. The van der Waals surface area contributed by atoms with Crippen molar-refractivity contribution in [3.8, 4) is 0 Å². The lowest BCUT2D eigenvalue weighted by molar-refractivity contribution is 0.549. The summed E-state index contributed by atoms with van der Waals surface area (Å²) in [4.78, 5) is 0. The van der Waals surface area contributed by atoms with Gasteiger partial charge in [-0.15, -0.1) is 0 Å². The van der Waals surface area contributed by atoms with Crippen LogP contribution in [0.15, 0.2) is 40.9 Å². The molecule has 0 saturated heterocycles. The highest BCUT2D eigenvalue weighted by Crippen LogP contribution is 2.30. The second-order valence-electron chi connectivity index (χ2n) is 4.32. The zero-order valence-electron chi connectivity index (χ0n) is 10.3. The lowest BCUT2D eigenvalue weighted by Crippen LogP contribution is -2.30. The summed E-state index contributed by atoms with van der Waals surface area (Å²) in [5.74, 6) is 5.26. The van der Waals surface area contributed by atoms with Crippen LogP contribution in [0.1, 0.15) is 17.2 Å². The van der Waals surface area contributed by atoms with Gasteiger partial charge in [0.1, 0.15) is 5.82 Å². The number of rotatable bonds is 4. The van der Waals surface area contributed by atoms with E-state index >= 15 is 0 Å². The first-order chi connectivity index (χ1) is 9.51. The minimum Gasteiger partial charge on any atom is -0.271 e. The summed E-state index contributed by atoms with van der Waals surface area (Å²) in [7, 11) is 0. The summed E-state index contributed by atoms with van der Waals surface area (Å²) in [5.41, 5.74) is 4.52. The second kappa shape index (κ2) is 6.87. The van der Waals surface area contributed by atoms with Crippen molar-refractivity contribution < 1.29 is 4.39 Å². The van der Waals surface area contributed by atoms with Crippen LogP contribution in [0.4, 0.5) is 4.39 Å². The Kier molecular flexibility index (Phi) is 5.41. The Labute approximate surface area is 135 Å². The van der Waals surface area contributed by atoms with Crippen molar-refractivity contribution in [3.63, 3.8) is 0 Å². The van der Waals surface area contributed by atoms with Gasteiger partial charge < -0.3 is 0 Å². The third kappa shape index (κ3) is 3.71. The fourth-order valence-corrected chi connectivity index (χ4v) is 3.15. The molecule has 106 valence electrons. The Hall–Kier alpha value is -0.650. The zero-order chi connectivity index (χ0) is 14.7. The van der Waals surface area contributed by atoms with Gasteiger partial charge in [0.05, 0.1) is 6.04 Å². The molecule has 3 N–H and O–H groups in total. The van der Waals surface area contributed by atoms with E-state index in [0.717, 1.165) is 15.6 Å². The number of halogens is 4. The van der Waals surface area contributed by atoms with Crippen molar-refractivity contribution in [2.45, 2.75) is 12.5 Å². The molecule has 2 aromatic carbocycles. The van der Waals surface area contributed by atoms with Gasteiger partial charge in [0.25, 0.3) is 0 Å². The molecule has 0 fully saturated rings. The van der Waals surface area contributed by atoms with Gasteiger partial charge in [0.15, 0.2) is 0 Å². The molecule has 0 saturated carbocycles. The van der Waals surface area contributed by atoms with Gasteiger partial charge in [-0.3, -0.25) is 11.3 Å². The number of hydrogen-bond donors (Lipinski definition) is 2. The van der Waals surface area contributed by atoms with Gasteiger partial charge in [-0.1, -0.05) is 51.3 Å². The predicted octanol–water partition coefficient (Wildman–Crippen LogP) is 4.64. The van der Waals surface area contributed by atoms with E-state index in [1.807, 2.05) is 6.07 Å². The number of nitrogens with one attached hydrogen (secondary N) is 1. The minimum absolute atomic E-state index is 0.162. The molecule has 2 nitrogen and oxygen atoms in total. The van der Waals surface area contributed by atoms with Crippen LogP contribution in [0.2, 0.25) is 10.0 Å². The molecular weight excluding hydrogens is 366 g/mol. The first-order valence-electron chi connectivity index (χ1n) is 5.86. The molecule has 0 spiro atoms. The van der Waals surface area contributed by atoms with Crippen LogP contribution < -0.4 is 11.3 Å². The van der Waals surface area contributed by atoms with Crippen molar-refractivity contribution in [1.82, 2.24) is 5.43 Å². The predicted molar refractivity (Wildman–Crippen MR) is 84.3 cm³/mol. The number of nitrogens with two attached hydrogens (primary N) is 1. The van der Waals surface area contributed by atoms with Crippen LogP contribution in [0.5, 0.6) is 0 Å². The van der Waals surface area contributed by atoms with Gasteiger partial charge in [-0.2, -0.15) is 0 Å². The molecule has 20 heavy (non-hydrogen) atoms. The summed E-state index contributed by atoms with van der Waals surface area (Å²) < 4.78 is 13.9. The molecule has 6 heteroatoms. The maximum atomic E-state index is 13.1. The van der Waals surface area contributed by atoms with Gasteiger partial charge in [-0.05, 0) is 41.8 Å². The minimum atomic E-state index is -0.358. The molecule has 0 aliphatic heterocycles. The fraction of sp³-hybridized carbons (Fsp3) is 0.143. The molecule has 0 radical (unpaired) electrons. The maximum absolute atomic E-state index is 13.1. The van der Waals surface area contributed by atoms with E-state index in [9.17, 15) is 4.39 Å². The van der Waals surface area contributed by atoms with Crippen molar-refractivity contribution in [2.24, 2.45) is 5.84 Å². The van der Waals surface area contributed by atoms with E-state index in [2.05, 4.69) is 21.4 Å². The average Bonchev–Trinajstić information content (AvgIpc) is 2.39. The van der Waals surface area contributed by atoms with Crippen LogP contribution >= 0.6 is 39.1 Å². The van der Waals surface area contributed by atoms with E-state index in [-0.39, 0.29) is 11.9 Å². The van der Waals surface area contributed by atoms with Gasteiger partial charge in [0, 0.05) is 14.5 Å². The number of benzene rings is 2. The summed E-state index contributed by atoms with van der Waals surface area (Å²) >= 11 is 15.4. The molecule has 0 aliphatic rings. The van der Waals surface area contributed by atoms with E-state index < -0.39 is 0 Å². The average molecular weight is 378 g/mol. The first-order valence-corrected chi connectivity index (χ1v) is 7.41. The molecular formula is C14H12BrCl2FN2. The molecule has 1 atom stereocenters. The van der Waals surface area contributed by atoms with Crippen molar-refractivity contribution in [3.05, 3.63) is 67.9 Å². The van der Waals surface area contributed by atoms with E-state index in [0.29, 0.717) is 16.5 Å². The Bertz CT molecular complexity index is 622. The topological polar surface area (TPSA) is 38.0 Å². The standard InChI is InChI=1S/C14H12BrCl2FN2/c15-12-6-9(16)2-4-11(12)14(20-19)5-8-1-3-10(18)7-13(8)17/h1-4,6-7,14,20H,5,19H2. The normalized spacial score (nSPS) is 12.4. The third-order valence-corrected chi connectivity index (χ3v) is 4.25. The van der Waals surface area contributed by atoms with Gasteiger partial charge in [-0.25, -0.2) is 4.39 Å². The van der Waals surface area contributed by atoms with E-state index in [1.54, 1.807) is 18.2 Å². The molecule has 2 rings (SSSR count). The van der Waals surface area contributed by atoms with Crippen LogP contribution in [-0.2, 0) is 6.42 Å². The zero-order valence-corrected chi connectivity index (χ0v) is 13.4. The van der Waals surface area contributed by atoms with E-state index in [1.165, 1.54) is 12.1 Å². The fourth-order valence-electron chi connectivity index (χ4n) is 1.95. The molecule has 0 aromatic heterocycles. The molecule has 1 unspecified atom stereocenters. The smallest absolute Gasteiger partial charge is 0.124 e. The Morgan fingerprint density at radius 1 is 1.20 bits per heavy atom.